The first-order valence-electron chi connectivity index (χ1n) is 6.50. The standard InChI is InChI=1S/C16H18N2O2/c1-3-18(10-5-9-17)16(20)15-8-7-13(2)14(12-15)6-4-11-19/h7-8,12,19H,3,5,10-11H2,1-2H3. The maximum atomic E-state index is 12.3. The second-order valence-electron chi connectivity index (χ2n) is 4.28. The maximum Gasteiger partial charge on any atom is 0.253 e. The summed E-state index contributed by atoms with van der Waals surface area (Å²) in [6, 6.07) is 7.38. The molecule has 0 saturated heterocycles. The summed E-state index contributed by atoms with van der Waals surface area (Å²) in [5, 5.41) is 17.4. The van der Waals surface area contributed by atoms with Crippen LogP contribution in [0.25, 0.3) is 0 Å². The van der Waals surface area contributed by atoms with Crippen LogP contribution in [0.4, 0.5) is 0 Å². The minimum Gasteiger partial charge on any atom is -0.384 e. The number of benzene rings is 1. The molecule has 0 aliphatic carbocycles. The number of amides is 1. The van der Waals surface area contributed by atoms with E-state index in [4.69, 9.17) is 10.4 Å². The van der Waals surface area contributed by atoms with E-state index >= 15 is 0 Å². The molecule has 0 unspecified atom stereocenters. The van der Waals surface area contributed by atoms with Gasteiger partial charge in [-0.2, -0.15) is 5.26 Å². The van der Waals surface area contributed by atoms with Crippen molar-refractivity contribution in [2.75, 3.05) is 19.7 Å². The summed E-state index contributed by atoms with van der Waals surface area (Å²) in [5.74, 6) is 5.32. The zero-order chi connectivity index (χ0) is 15.0. The number of aryl methyl sites for hydroxylation is 1. The van der Waals surface area contributed by atoms with Crippen LogP contribution < -0.4 is 0 Å². The normalized spacial score (nSPS) is 9.30. The summed E-state index contributed by atoms with van der Waals surface area (Å²) in [6.45, 7) is 4.57. The molecule has 1 rings (SSSR count). The molecule has 0 aromatic heterocycles. The number of hydrogen-bond acceptors (Lipinski definition) is 3. The highest BCUT2D eigenvalue weighted by Gasteiger charge is 2.14. The molecule has 4 heteroatoms. The molecule has 0 atom stereocenters. The lowest BCUT2D eigenvalue weighted by Crippen LogP contribution is -2.31. The summed E-state index contributed by atoms with van der Waals surface area (Å²) in [4.78, 5) is 14.0. The van der Waals surface area contributed by atoms with Gasteiger partial charge in [-0.05, 0) is 31.5 Å². The quantitative estimate of drug-likeness (QED) is 0.847. The van der Waals surface area contributed by atoms with Crippen LogP contribution in [-0.2, 0) is 0 Å². The van der Waals surface area contributed by atoms with Crippen molar-refractivity contribution in [3.8, 4) is 17.9 Å². The highest BCUT2D eigenvalue weighted by Crippen LogP contribution is 2.12. The van der Waals surface area contributed by atoms with Gasteiger partial charge < -0.3 is 10.0 Å². The molecule has 0 aliphatic rings. The van der Waals surface area contributed by atoms with E-state index in [9.17, 15) is 4.79 Å². The van der Waals surface area contributed by atoms with Crippen LogP contribution in [0.15, 0.2) is 18.2 Å². The van der Waals surface area contributed by atoms with Gasteiger partial charge in [0.05, 0.1) is 12.5 Å². The van der Waals surface area contributed by atoms with E-state index in [1.165, 1.54) is 0 Å². The number of aliphatic hydroxyl groups excluding tert-OH is 1. The van der Waals surface area contributed by atoms with Crippen molar-refractivity contribution in [2.24, 2.45) is 0 Å². The third kappa shape index (κ3) is 4.12. The Balaban J connectivity index is 3.01. The summed E-state index contributed by atoms with van der Waals surface area (Å²) < 4.78 is 0. The van der Waals surface area contributed by atoms with Crippen LogP contribution in [0, 0.1) is 30.1 Å². The van der Waals surface area contributed by atoms with Crippen LogP contribution in [0.1, 0.15) is 34.8 Å². The first-order chi connectivity index (χ1) is 9.63. The molecule has 0 heterocycles. The number of aliphatic hydroxyl groups is 1. The summed E-state index contributed by atoms with van der Waals surface area (Å²) in [5.41, 5.74) is 2.25. The predicted molar refractivity (Wildman–Crippen MR) is 77.0 cm³/mol. The second-order valence-corrected chi connectivity index (χ2v) is 4.28. The van der Waals surface area contributed by atoms with Gasteiger partial charge in [0.15, 0.2) is 0 Å². The maximum absolute atomic E-state index is 12.3. The van der Waals surface area contributed by atoms with Crippen molar-refractivity contribution in [2.45, 2.75) is 20.3 Å². The molecule has 0 saturated carbocycles. The average molecular weight is 270 g/mol. The van der Waals surface area contributed by atoms with Crippen molar-refractivity contribution in [3.63, 3.8) is 0 Å². The SMILES string of the molecule is CCN(CCC#N)C(=O)c1ccc(C)c(C#CCO)c1. The third-order valence-corrected chi connectivity index (χ3v) is 2.95. The van der Waals surface area contributed by atoms with Gasteiger partial charge in [-0.3, -0.25) is 4.79 Å². The van der Waals surface area contributed by atoms with E-state index in [1.807, 2.05) is 26.0 Å². The summed E-state index contributed by atoms with van der Waals surface area (Å²) in [7, 11) is 0. The highest BCUT2D eigenvalue weighted by atomic mass is 16.2. The number of rotatable bonds is 4. The fourth-order valence-electron chi connectivity index (χ4n) is 1.80. The van der Waals surface area contributed by atoms with Crippen molar-refractivity contribution >= 4 is 5.91 Å². The van der Waals surface area contributed by atoms with E-state index in [0.717, 1.165) is 11.1 Å². The molecule has 0 bridgehead atoms. The zero-order valence-electron chi connectivity index (χ0n) is 11.8. The van der Waals surface area contributed by atoms with Gasteiger partial charge in [-0.15, -0.1) is 0 Å². The molecule has 104 valence electrons. The molecule has 0 aliphatic heterocycles. The van der Waals surface area contributed by atoms with Crippen molar-refractivity contribution in [3.05, 3.63) is 34.9 Å². The van der Waals surface area contributed by atoms with Crippen molar-refractivity contribution < 1.29 is 9.90 Å². The number of nitriles is 1. The summed E-state index contributed by atoms with van der Waals surface area (Å²) in [6.07, 6.45) is 0.322. The molecule has 20 heavy (non-hydrogen) atoms. The molecule has 0 radical (unpaired) electrons. The van der Waals surface area contributed by atoms with Crippen LogP contribution in [-0.4, -0.2) is 35.6 Å². The van der Waals surface area contributed by atoms with Gasteiger partial charge >= 0.3 is 0 Å². The molecular formula is C16H18N2O2. The van der Waals surface area contributed by atoms with Gasteiger partial charge in [0, 0.05) is 24.2 Å². The first-order valence-corrected chi connectivity index (χ1v) is 6.50. The van der Waals surface area contributed by atoms with E-state index < -0.39 is 0 Å². The van der Waals surface area contributed by atoms with Crippen molar-refractivity contribution in [1.82, 2.24) is 4.90 Å². The van der Waals surface area contributed by atoms with Gasteiger partial charge in [0.2, 0.25) is 0 Å². The molecule has 1 aromatic rings. The lowest BCUT2D eigenvalue weighted by Gasteiger charge is -2.19. The molecule has 1 N–H and O–H groups in total. The Labute approximate surface area is 119 Å². The van der Waals surface area contributed by atoms with Gasteiger partial charge in [0.1, 0.15) is 6.61 Å². The largest absolute Gasteiger partial charge is 0.384 e. The van der Waals surface area contributed by atoms with Crippen LogP contribution in [0.3, 0.4) is 0 Å². The van der Waals surface area contributed by atoms with Crippen LogP contribution in [0.2, 0.25) is 0 Å². The summed E-state index contributed by atoms with van der Waals surface area (Å²) >= 11 is 0. The minimum atomic E-state index is -0.207. The number of nitrogens with zero attached hydrogens (tertiary/aromatic N) is 2. The van der Waals surface area contributed by atoms with Gasteiger partial charge in [0.25, 0.3) is 5.91 Å². The topological polar surface area (TPSA) is 64.3 Å². The van der Waals surface area contributed by atoms with Crippen molar-refractivity contribution in [1.29, 1.82) is 5.26 Å². The fourth-order valence-corrected chi connectivity index (χ4v) is 1.80. The molecule has 1 amide bonds. The molecule has 4 nitrogen and oxygen atoms in total. The van der Waals surface area contributed by atoms with Crippen LogP contribution >= 0.6 is 0 Å². The Bertz CT molecular complexity index is 576. The number of carbonyl (C=O) groups excluding carboxylic acids is 1. The number of hydrogen-bond donors (Lipinski definition) is 1. The third-order valence-electron chi connectivity index (χ3n) is 2.95. The minimum absolute atomic E-state index is 0.102. The van der Waals surface area contributed by atoms with Crippen LogP contribution in [0.5, 0.6) is 0 Å². The molecule has 0 fully saturated rings. The average Bonchev–Trinajstić information content (AvgIpc) is 2.47. The van der Waals surface area contributed by atoms with Gasteiger partial charge in [-0.1, -0.05) is 17.9 Å². The van der Waals surface area contributed by atoms with Gasteiger partial charge in [-0.25, -0.2) is 0 Å². The second kappa shape index (κ2) is 7.99. The number of carbonyl (C=O) groups is 1. The Morgan fingerprint density at radius 2 is 2.20 bits per heavy atom. The van der Waals surface area contributed by atoms with E-state index in [0.29, 0.717) is 25.1 Å². The Kier molecular flexibility index (Phi) is 6.29. The fraction of sp³-hybridized carbons (Fsp3) is 0.375. The Morgan fingerprint density at radius 1 is 1.45 bits per heavy atom. The van der Waals surface area contributed by atoms with E-state index in [-0.39, 0.29) is 12.5 Å². The van der Waals surface area contributed by atoms with E-state index in [2.05, 4.69) is 11.8 Å². The predicted octanol–water partition coefficient (Wildman–Crippen LogP) is 1.71. The first kappa shape index (κ1) is 15.8. The molecule has 1 aromatic carbocycles. The monoisotopic (exact) mass is 270 g/mol. The smallest absolute Gasteiger partial charge is 0.253 e. The lowest BCUT2D eigenvalue weighted by molar-refractivity contribution is 0.0768. The molecular weight excluding hydrogens is 252 g/mol. The van der Waals surface area contributed by atoms with E-state index in [1.54, 1.807) is 17.0 Å². The Hall–Kier alpha value is -2.30. The highest BCUT2D eigenvalue weighted by molar-refractivity contribution is 5.94. The lowest BCUT2D eigenvalue weighted by atomic mass is 10.0. The zero-order valence-corrected chi connectivity index (χ0v) is 11.8. The Morgan fingerprint density at radius 3 is 2.80 bits per heavy atom. The molecule has 0 spiro atoms.